The molecule has 0 radical (unpaired) electrons. The van der Waals surface area contributed by atoms with Crippen LogP contribution in [0.2, 0.25) is 0 Å². The van der Waals surface area contributed by atoms with E-state index in [1.165, 1.54) is 0 Å². The van der Waals surface area contributed by atoms with E-state index in [1.807, 2.05) is 17.0 Å². The Kier molecular flexibility index (Phi) is 4.46. The molecule has 102 valence electrons. The van der Waals surface area contributed by atoms with Crippen LogP contribution in [-0.2, 0) is 16.1 Å². The van der Waals surface area contributed by atoms with Gasteiger partial charge in [-0.2, -0.15) is 0 Å². The molecule has 6 nitrogen and oxygen atoms in total. The van der Waals surface area contributed by atoms with Crippen LogP contribution in [-0.4, -0.2) is 46.0 Å². The van der Waals surface area contributed by atoms with Crippen LogP contribution >= 0.6 is 0 Å². The van der Waals surface area contributed by atoms with E-state index in [0.717, 1.165) is 12.0 Å². The molecule has 19 heavy (non-hydrogen) atoms. The van der Waals surface area contributed by atoms with Gasteiger partial charge in [0.25, 0.3) is 0 Å². The molecule has 2 N–H and O–H groups in total. The summed E-state index contributed by atoms with van der Waals surface area (Å²) < 4.78 is 0. The Bertz CT molecular complexity index is 450. The van der Waals surface area contributed by atoms with Crippen molar-refractivity contribution >= 4 is 11.9 Å². The van der Waals surface area contributed by atoms with Crippen molar-refractivity contribution in [2.24, 2.45) is 0 Å². The number of aromatic nitrogens is 1. The second kappa shape index (κ2) is 6.29. The molecule has 1 atom stereocenters. The molecular formula is C13H17N3O3. The number of nitrogens with one attached hydrogen (secondary N) is 1. The van der Waals surface area contributed by atoms with Gasteiger partial charge < -0.3 is 10.4 Å². The zero-order valence-electron chi connectivity index (χ0n) is 10.6. The predicted octanol–water partition coefficient (Wildman–Crippen LogP) is 0.247. The molecule has 0 spiro atoms. The molecule has 2 heterocycles. The van der Waals surface area contributed by atoms with Crippen molar-refractivity contribution in [3.63, 3.8) is 0 Å². The Morgan fingerprint density at radius 2 is 2.21 bits per heavy atom. The van der Waals surface area contributed by atoms with Crippen LogP contribution < -0.4 is 5.32 Å². The highest BCUT2D eigenvalue weighted by Gasteiger charge is 2.29. The number of amides is 1. The summed E-state index contributed by atoms with van der Waals surface area (Å²) in [7, 11) is 0. The molecule has 1 aromatic rings. The van der Waals surface area contributed by atoms with Crippen LogP contribution in [0.25, 0.3) is 0 Å². The zero-order valence-corrected chi connectivity index (χ0v) is 10.6. The third-order valence-corrected chi connectivity index (χ3v) is 3.17. The maximum absolute atomic E-state index is 11.9. The highest BCUT2D eigenvalue weighted by molar-refractivity contribution is 5.86. The van der Waals surface area contributed by atoms with E-state index in [-0.39, 0.29) is 12.3 Å². The molecule has 0 bridgehead atoms. The number of hydrogen-bond acceptors (Lipinski definition) is 4. The smallest absolute Gasteiger partial charge is 0.305 e. The highest BCUT2D eigenvalue weighted by Crippen LogP contribution is 2.13. The summed E-state index contributed by atoms with van der Waals surface area (Å²) in [5.41, 5.74) is 1.03. The van der Waals surface area contributed by atoms with Gasteiger partial charge in [-0.05, 0) is 24.1 Å². The van der Waals surface area contributed by atoms with Crippen LogP contribution in [0.15, 0.2) is 24.5 Å². The number of carboxylic acid groups (broad SMARTS) is 1. The first-order valence-corrected chi connectivity index (χ1v) is 6.29. The van der Waals surface area contributed by atoms with Crippen molar-refractivity contribution in [3.8, 4) is 0 Å². The monoisotopic (exact) mass is 263 g/mol. The van der Waals surface area contributed by atoms with Crippen molar-refractivity contribution < 1.29 is 14.7 Å². The van der Waals surface area contributed by atoms with Gasteiger partial charge in [-0.25, -0.2) is 0 Å². The van der Waals surface area contributed by atoms with Crippen LogP contribution in [0.1, 0.15) is 18.4 Å². The first-order valence-electron chi connectivity index (χ1n) is 6.29. The minimum absolute atomic E-state index is 0.170. The molecule has 6 heteroatoms. The van der Waals surface area contributed by atoms with Crippen molar-refractivity contribution in [2.75, 3.05) is 13.1 Å². The van der Waals surface area contributed by atoms with Crippen molar-refractivity contribution in [3.05, 3.63) is 30.1 Å². The molecule has 2 rings (SSSR count). The average Bonchev–Trinajstić information content (AvgIpc) is 2.55. The number of carbonyl (C=O) groups is 2. The normalized spacial score (nSPS) is 20.6. The van der Waals surface area contributed by atoms with Gasteiger partial charge in [-0.3, -0.25) is 19.5 Å². The van der Waals surface area contributed by atoms with Gasteiger partial charge >= 0.3 is 5.97 Å². The summed E-state index contributed by atoms with van der Waals surface area (Å²) >= 11 is 0. The van der Waals surface area contributed by atoms with Gasteiger partial charge in [-0.1, -0.05) is 0 Å². The molecule has 1 aliphatic heterocycles. The lowest BCUT2D eigenvalue weighted by atomic mass is 10.1. The molecule has 1 fully saturated rings. The number of hydrogen-bond donors (Lipinski definition) is 2. The first-order chi connectivity index (χ1) is 9.16. The summed E-state index contributed by atoms with van der Waals surface area (Å²) in [5.74, 6) is -1.16. The quantitative estimate of drug-likeness (QED) is 0.813. The number of rotatable bonds is 4. The fraction of sp³-hybridized carbons (Fsp3) is 0.462. The molecule has 1 aliphatic rings. The third-order valence-electron chi connectivity index (χ3n) is 3.17. The van der Waals surface area contributed by atoms with Crippen molar-refractivity contribution in [2.45, 2.75) is 25.4 Å². The second-order valence-corrected chi connectivity index (χ2v) is 4.58. The first kappa shape index (κ1) is 13.5. The van der Waals surface area contributed by atoms with E-state index < -0.39 is 12.0 Å². The summed E-state index contributed by atoms with van der Waals surface area (Å²) in [5, 5.41) is 11.7. The van der Waals surface area contributed by atoms with Gasteiger partial charge in [0.15, 0.2) is 0 Å². The number of carboxylic acids is 1. The fourth-order valence-corrected chi connectivity index (χ4v) is 2.23. The van der Waals surface area contributed by atoms with E-state index in [0.29, 0.717) is 19.6 Å². The Morgan fingerprint density at radius 3 is 2.89 bits per heavy atom. The van der Waals surface area contributed by atoms with E-state index in [9.17, 15) is 9.59 Å². The molecule has 1 unspecified atom stereocenters. The average molecular weight is 263 g/mol. The molecule has 1 saturated heterocycles. The lowest BCUT2D eigenvalue weighted by Crippen LogP contribution is -2.45. The number of carbonyl (C=O) groups excluding carboxylic acids is 1. The maximum atomic E-state index is 11.9. The largest absolute Gasteiger partial charge is 0.481 e. The lowest BCUT2D eigenvalue weighted by molar-refractivity contribution is -0.141. The standard InChI is InChI=1S/C13H17N3O3/c17-12(18)8-11-13(19)15-4-1-7-16(11)9-10-2-5-14-6-3-10/h2-3,5-6,11H,1,4,7-9H2,(H,15,19)(H,17,18). The van der Waals surface area contributed by atoms with Gasteiger partial charge in [0.05, 0.1) is 12.5 Å². The van der Waals surface area contributed by atoms with Gasteiger partial charge in [0.2, 0.25) is 5.91 Å². The van der Waals surface area contributed by atoms with E-state index in [2.05, 4.69) is 10.3 Å². The fourth-order valence-electron chi connectivity index (χ4n) is 2.23. The van der Waals surface area contributed by atoms with Crippen molar-refractivity contribution in [1.82, 2.24) is 15.2 Å². The second-order valence-electron chi connectivity index (χ2n) is 4.58. The predicted molar refractivity (Wildman–Crippen MR) is 68.3 cm³/mol. The zero-order chi connectivity index (χ0) is 13.7. The number of nitrogens with zero attached hydrogens (tertiary/aromatic N) is 2. The van der Waals surface area contributed by atoms with Crippen LogP contribution in [0.5, 0.6) is 0 Å². The molecule has 1 aromatic heterocycles. The molecular weight excluding hydrogens is 246 g/mol. The summed E-state index contributed by atoms with van der Waals surface area (Å²) in [4.78, 5) is 28.7. The summed E-state index contributed by atoms with van der Waals surface area (Å²) in [6.45, 7) is 1.87. The number of aliphatic carboxylic acids is 1. The van der Waals surface area contributed by atoms with E-state index in [4.69, 9.17) is 5.11 Å². The van der Waals surface area contributed by atoms with Gasteiger partial charge in [0.1, 0.15) is 0 Å². The minimum Gasteiger partial charge on any atom is -0.481 e. The summed E-state index contributed by atoms with van der Waals surface area (Å²) in [6, 6.07) is 3.15. The Labute approximate surface area is 111 Å². The maximum Gasteiger partial charge on any atom is 0.305 e. The number of pyridine rings is 1. The summed E-state index contributed by atoms with van der Waals surface area (Å²) in [6.07, 6.45) is 4.04. The third kappa shape index (κ3) is 3.75. The molecule has 0 aromatic carbocycles. The lowest BCUT2D eigenvalue weighted by Gasteiger charge is -2.27. The van der Waals surface area contributed by atoms with E-state index in [1.54, 1.807) is 12.4 Å². The van der Waals surface area contributed by atoms with Crippen LogP contribution in [0, 0.1) is 0 Å². The van der Waals surface area contributed by atoms with Crippen LogP contribution in [0.3, 0.4) is 0 Å². The van der Waals surface area contributed by atoms with Gasteiger partial charge in [-0.15, -0.1) is 0 Å². The SMILES string of the molecule is O=C(O)CC1C(=O)NCCCN1Cc1ccncc1. The van der Waals surface area contributed by atoms with Crippen molar-refractivity contribution in [1.29, 1.82) is 0 Å². The molecule has 0 saturated carbocycles. The Morgan fingerprint density at radius 1 is 1.47 bits per heavy atom. The topological polar surface area (TPSA) is 82.5 Å². The van der Waals surface area contributed by atoms with Gasteiger partial charge in [0, 0.05) is 32.0 Å². The Hall–Kier alpha value is -1.95. The highest BCUT2D eigenvalue weighted by atomic mass is 16.4. The minimum atomic E-state index is -0.957. The van der Waals surface area contributed by atoms with E-state index >= 15 is 0 Å². The van der Waals surface area contributed by atoms with Crippen LogP contribution in [0.4, 0.5) is 0 Å². The molecule has 1 amide bonds. The molecule has 0 aliphatic carbocycles. The Balaban J connectivity index is 2.13.